The predicted molar refractivity (Wildman–Crippen MR) is 93.1 cm³/mol. The average Bonchev–Trinajstić information content (AvgIpc) is 3.02. The van der Waals surface area contributed by atoms with Crippen LogP contribution in [0.15, 0.2) is 33.9 Å². The van der Waals surface area contributed by atoms with Gasteiger partial charge in [0.2, 0.25) is 5.89 Å². The molecule has 7 nitrogen and oxygen atoms in total. The lowest BCUT2D eigenvalue weighted by Gasteiger charge is -2.25. The van der Waals surface area contributed by atoms with Crippen LogP contribution in [0.25, 0.3) is 0 Å². The third kappa shape index (κ3) is 3.39. The van der Waals surface area contributed by atoms with Crippen LogP contribution in [0.1, 0.15) is 42.6 Å². The Morgan fingerprint density at radius 3 is 2.64 bits per heavy atom. The molecule has 0 bridgehead atoms. The molecule has 0 atom stereocenters. The van der Waals surface area contributed by atoms with Gasteiger partial charge < -0.3 is 9.32 Å². The summed E-state index contributed by atoms with van der Waals surface area (Å²) in [5.41, 5.74) is 1.36. The number of aromatic nitrogens is 1. The predicted octanol–water partition coefficient (Wildman–Crippen LogP) is 2.40. The number of carbonyl (C=O) groups excluding carboxylic acids is 1. The van der Waals surface area contributed by atoms with Crippen molar-refractivity contribution in [1.29, 1.82) is 0 Å². The van der Waals surface area contributed by atoms with Crippen molar-refractivity contribution in [2.24, 2.45) is 0 Å². The lowest BCUT2D eigenvalue weighted by molar-refractivity contribution is 0.0781. The summed E-state index contributed by atoms with van der Waals surface area (Å²) in [7, 11) is -2.19. The van der Waals surface area contributed by atoms with E-state index >= 15 is 0 Å². The Hall–Kier alpha value is -2.35. The van der Waals surface area contributed by atoms with Gasteiger partial charge in [-0.15, -0.1) is 0 Å². The van der Waals surface area contributed by atoms with E-state index in [0.717, 1.165) is 12.0 Å². The molecule has 0 saturated heterocycles. The molecule has 0 radical (unpaired) electrons. The van der Waals surface area contributed by atoms with E-state index in [1.165, 1.54) is 6.20 Å². The van der Waals surface area contributed by atoms with E-state index in [9.17, 15) is 13.2 Å². The summed E-state index contributed by atoms with van der Waals surface area (Å²) in [6.45, 7) is 6.31. The van der Waals surface area contributed by atoms with Crippen LogP contribution in [-0.4, -0.2) is 37.8 Å². The van der Waals surface area contributed by atoms with Crippen LogP contribution in [0.3, 0.4) is 0 Å². The third-order valence-corrected chi connectivity index (χ3v) is 5.27. The van der Waals surface area contributed by atoms with Crippen LogP contribution in [0.5, 0.6) is 0 Å². The van der Waals surface area contributed by atoms with Gasteiger partial charge >= 0.3 is 0 Å². The Kier molecular flexibility index (Phi) is 4.10. The van der Waals surface area contributed by atoms with Crippen molar-refractivity contribution in [3.05, 3.63) is 41.4 Å². The van der Waals surface area contributed by atoms with Gasteiger partial charge in [0.1, 0.15) is 0 Å². The van der Waals surface area contributed by atoms with E-state index in [-0.39, 0.29) is 11.0 Å². The number of nitrogens with zero attached hydrogens (tertiary/aromatic N) is 2. The highest BCUT2D eigenvalue weighted by Crippen LogP contribution is 2.26. The first-order valence-corrected chi connectivity index (χ1v) is 9.44. The van der Waals surface area contributed by atoms with Gasteiger partial charge in [0, 0.05) is 30.3 Å². The molecule has 0 aliphatic carbocycles. The Balaban J connectivity index is 1.89. The summed E-state index contributed by atoms with van der Waals surface area (Å²) in [4.78, 5) is 17.9. The molecule has 0 saturated carbocycles. The molecule has 2 heterocycles. The number of nitrogens with one attached hydrogen (secondary N) is 1. The van der Waals surface area contributed by atoms with Gasteiger partial charge in [-0.1, -0.05) is 26.8 Å². The van der Waals surface area contributed by atoms with Gasteiger partial charge in [0.25, 0.3) is 21.0 Å². The van der Waals surface area contributed by atoms with Crippen molar-refractivity contribution in [2.45, 2.75) is 37.7 Å². The summed E-state index contributed by atoms with van der Waals surface area (Å²) in [6.07, 6.45) is 1.95. The fraction of sp³-hybridized carbons (Fsp3) is 0.412. The Morgan fingerprint density at radius 2 is 2.00 bits per heavy atom. The summed E-state index contributed by atoms with van der Waals surface area (Å²) in [5.74, 6) is 0.229. The van der Waals surface area contributed by atoms with E-state index < -0.39 is 15.4 Å². The number of amides is 1. The standard InChI is InChI=1S/C17H21N3O4S/c1-17(2,3)16-18-10-14(24-16)25(22,23)19-12-6-5-11-7-8-20(4)15(21)13(11)9-12/h5-6,9-10,19H,7-8H2,1-4H3. The number of rotatable bonds is 3. The lowest BCUT2D eigenvalue weighted by Crippen LogP contribution is -2.34. The van der Waals surface area contributed by atoms with Gasteiger partial charge in [0.05, 0.1) is 6.20 Å². The minimum Gasteiger partial charge on any atom is -0.427 e. The van der Waals surface area contributed by atoms with Crippen LogP contribution in [0.4, 0.5) is 5.69 Å². The molecular formula is C17H21N3O4S. The Bertz CT molecular complexity index is 926. The fourth-order valence-electron chi connectivity index (χ4n) is 2.59. The first-order chi connectivity index (χ1) is 11.6. The molecular weight excluding hydrogens is 342 g/mol. The fourth-order valence-corrected chi connectivity index (χ4v) is 3.51. The monoisotopic (exact) mass is 363 g/mol. The maximum atomic E-state index is 12.5. The minimum absolute atomic E-state index is 0.114. The maximum absolute atomic E-state index is 12.5. The number of likely N-dealkylation sites (N-methyl/N-ethyl adjacent to an activating group) is 1. The highest BCUT2D eigenvalue weighted by molar-refractivity contribution is 7.92. The summed E-state index contributed by atoms with van der Waals surface area (Å²) >= 11 is 0. The van der Waals surface area contributed by atoms with Crippen molar-refractivity contribution < 1.29 is 17.6 Å². The van der Waals surface area contributed by atoms with Gasteiger partial charge in [-0.2, -0.15) is 8.42 Å². The normalized spacial score (nSPS) is 15.2. The zero-order valence-electron chi connectivity index (χ0n) is 14.7. The molecule has 3 rings (SSSR count). The van der Waals surface area contributed by atoms with Crippen LogP contribution < -0.4 is 4.72 Å². The van der Waals surface area contributed by atoms with Crippen LogP contribution in [0.2, 0.25) is 0 Å². The smallest absolute Gasteiger partial charge is 0.297 e. The number of carbonyl (C=O) groups is 1. The van der Waals surface area contributed by atoms with Gasteiger partial charge in [0.15, 0.2) is 0 Å². The summed E-state index contributed by atoms with van der Waals surface area (Å²) in [6, 6.07) is 4.99. The number of anilines is 1. The highest BCUT2D eigenvalue weighted by Gasteiger charge is 2.27. The molecule has 0 unspecified atom stereocenters. The molecule has 1 aliphatic rings. The van der Waals surface area contributed by atoms with Crippen LogP contribution in [0, 0.1) is 0 Å². The van der Waals surface area contributed by atoms with Crippen LogP contribution in [-0.2, 0) is 21.9 Å². The quantitative estimate of drug-likeness (QED) is 0.904. The Labute approximate surface area is 147 Å². The van der Waals surface area contributed by atoms with Crippen molar-refractivity contribution in [2.75, 3.05) is 18.3 Å². The maximum Gasteiger partial charge on any atom is 0.297 e. The van der Waals surface area contributed by atoms with Crippen LogP contribution >= 0.6 is 0 Å². The van der Waals surface area contributed by atoms with Crippen molar-refractivity contribution in [1.82, 2.24) is 9.88 Å². The van der Waals surface area contributed by atoms with Crippen molar-refractivity contribution >= 4 is 21.6 Å². The SMILES string of the molecule is CN1CCc2ccc(NS(=O)(=O)c3cnc(C(C)(C)C)o3)cc2C1=O. The van der Waals surface area contributed by atoms with Gasteiger partial charge in [-0.3, -0.25) is 9.52 Å². The molecule has 134 valence electrons. The number of benzene rings is 1. The first kappa shape index (κ1) is 17.5. The molecule has 0 spiro atoms. The zero-order valence-corrected chi connectivity index (χ0v) is 15.5. The molecule has 1 aromatic heterocycles. The summed E-state index contributed by atoms with van der Waals surface area (Å²) < 4.78 is 32.9. The number of hydrogen-bond donors (Lipinski definition) is 1. The minimum atomic E-state index is -3.91. The van der Waals surface area contributed by atoms with E-state index in [0.29, 0.717) is 23.7 Å². The Morgan fingerprint density at radius 1 is 1.28 bits per heavy atom. The van der Waals surface area contributed by atoms with Crippen molar-refractivity contribution in [3.63, 3.8) is 0 Å². The molecule has 1 amide bonds. The molecule has 1 aliphatic heterocycles. The molecule has 1 N–H and O–H groups in total. The molecule has 1 aromatic carbocycles. The van der Waals surface area contributed by atoms with E-state index in [2.05, 4.69) is 9.71 Å². The second kappa shape index (κ2) is 5.87. The second-order valence-corrected chi connectivity index (χ2v) is 8.80. The number of sulfonamides is 1. The largest absolute Gasteiger partial charge is 0.427 e. The summed E-state index contributed by atoms with van der Waals surface area (Å²) in [5, 5.41) is -0.251. The van der Waals surface area contributed by atoms with Gasteiger partial charge in [-0.05, 0) is 24.1 Å². The first-order valence-electron chi connectivity index (χ1n) is 7.95. The topological polar surface area (TPSA) is 92.5 Å². The highest BCUT2D eigenvalue weighted by atomic mass is 32.2. The lowest BCUT2D eigenvalue weighted by atomic mass is 9.97. The zero-order chi connectivity index (χ0) is 18.4. The average molecular weight is 363 g/mol. The molecule has 8 heteroatoms. The van der Waals surface area contributed by atoms with E-state index in [1.54, 1.807) is 30.1 Å². The van der Waals surface area contributed by atoms with E-state index in [4.69, 9.17) is 4.42 Å². The van der Waals surface area contributed by atoms with Crippen molar-refractivity contribution in [3.8, 4) is 0 Å². The molecule has 25 heavy (non-hydrogen) atoms. The third-order valence-electron chi connectivity index (χ3n) is 4.05. The van der Waals surface area contributed by atoms with Gasteiger partial charge in [-0.25, -0.2) is 4.98 Å². The van der Waals surface area contributed by atoms with E-state index in [1.807, 2.05) is 20.8 Å². The number of fused-ring (bicyclic) bond motifs is 1. The molecule has 0 fully saturated rings. The number of oxazole rings is 1. The number of hydrogen-bond acceptors (Lipinski definition) is 5. The second-order valence-electron chi connectivity index (χ2n) is 7.19. The molecule has 2 aromatic rings.